The first-order valence-corrected chi connectivity index (χ1v) is 15.4. The standard InChI is InChI=1S/C28H53N7O8/c1-28(40)12-41-27(22(38)25(28)33-2)43-24-18(35-26(39)19(36)10-29)9-17(32)20(21(24)37)23-16(31)6-5-14(42-23)11-34-8-7-15(30)13-3-4-13/h5,13,15-25,27,33-34,36-38,40H,3-4,6-12,29-32H2,1-2H3,(H,35,39)/t15?,16-,17+,18-,19+,20?,21+,22-,23+,24+,25-,27-,28+/m1/s1. The second-order valence-corrected chi connectivity index (χ2v) is 12.8. The second kappa shape index (κ2) is 14.7. The summed E-state index contributed by atoms with van der Waals surface area (Å²) in [5.41, 5.74) is 23.4. The number of amides is 1. The van der Waals surface area contributed by atoms with Crippen molar-refractivity contribution in [3.05, 3.63) is 11.8 Å². The zero-order chi connectivity index (χ0) is 31.5. The maximum absolute atomic E-state index is 12.6. The molecule has 4 rings (SSSR count). The Morgan fingerprint density at radius 2 is 1.95 bits per heavy atom. The highest BCUT2D eigenvalue weighted by molar-refractivity contribution is 5.81. The summed E-state index contributed by atoms with van der Waals surface area (Å²) in [5, 5.41) is 52.4. The third-order valence-electron chi connectivity index (χ3n) is 9.32. The van der Waals surface area contributed by atoms with Gasteiger partial charge in [-0.15, -0.1) is 0 Å². The Kier molecular flexibility index (Phi) is 11.8. The number of likely N-dealkylation sites (N-methyl/N-ethyl adjacent to an activating group) is 1. The largest absolute Gasteiger partial charge is 0.492 e. The lowest BCUT2D eigenvalue weighted by atomic mass is 9.72. The highest BCUT2D eigenvalue weighted by atomic mass is 16.7. The fourth-order valence-corrected chi connectivity index (χ4v) is 6.59. The van der Waals surface area contributed by atoms with Gasteiger partial charge in [-0.3, -0.25) is 4.79 Å². The molecular formula is C28H53N7O8. The minimum Gasteiger partial charge on any atom is -0.492 e. The molecule has 2 heterocycles. The molecule has 1 amide bonds. The van der Waals surface area contributed by atoms with Gasteiger partial charge in [0, 0.05) is 30.6 Å². The van der Waals surface area contributed by atoms with Crippen molar-refractivity contribution < 1.29 is 39.4 Å². The van der Waals surface area contributed by atoms with E-state index in [1.807, 2.05) is 6.08 Å². The van der Waals surface area contributed by atoms with Crippen LogP contribution < -0.4 is 38.9 Å². The van der Waals surface area contributed by atoms with Crippen molar-refractivity contribution in [3.8, 4) is 0 Å². The summed E-state index contributed by atoms with van der Waals surface area (Å²) in [5.74, 6) is -0.134. The average Bonchev–Trinajstić information content (AvgIpc) is 3.81. The smallest absolute Gasteiger partial charge is 0.250 e. The van der Waals surface area contributed by atoms with Gasteiger partial charge in [-0.2, -0.15) is 0 Å². The third kappa shape index (κ3) is 8.23. The third-order valence-corrected chi connectivity index (χ3v) is 9.32. The Labute approximate surface area is 253 Å². The summed E-state index contributed by atoms with van der Waals surface area (Å²) in [6.07, 6.45) is -1.30. The van der Waals surface area contributed by atoms with Crippen LogP contribution in [0.3, 0.4) is 0 Å². The molecule has 43 heavy (non-hydrogen) atoms. The van der Waals surface area contributed by atoms with E-state index >= 15 is 0 Å². The van der Waals surface area contributed by atoms with Crippen LogP contribution in [0.15, 0.2) is 11.8 Å². The van der Waals surface area contributed by atoms with Crippen molar-refractivity contribution in [1.29, 1.82) is 0 Å². The van der Waals surface area contributed by atoms with Gasteiger partial charge in [-0.1, -0.05) is 0 Å². The Morgan fingerprint density at radius 3 is 2.60 bits per heavy atom. The van der Waals surface area contributed by atoms with Crippen LogP contribution in [0.1, 0.15) is 39.0 Å². The number of hydrogen-bond donors (Lipinski definition) is 11. The number of nitrogens with two attached hydrogens (primary N) is 4. The molecule has 2 aliphatic heterocycles. The van der Waals surface area contributed by atoms with Crippen LogP contribution in [-0.2, 0) is 19.0 Å². The Hall–Kier alpha value is -1.47. The molecular weight excluding hydrogens is 562 g/mol. The van der Waals surface area contributed by atoms with Crippen molar-refractivity contribution >= 4 is 5.91 Å². The van der Waals surface area contributed by atoms with E-state index in [4.69, 9.17) is 37.1 Å². The van der Waals surface area contributed by atoms with Crippen LogP contribution in [-0.4, -0.2) is 132 Å². The first-order chi connectivity index (χ1) is 20.4. The molecule has 0 bridgehead atoms. The molecule has 15 N–H and O–H groups in total. The van der Waals surface area contributed by atoms with E-state index in [9.17, 15) is 25.2 Å². The Bertz CT molecular complexity index is 956. The number of nitrogens with one attached hydrogen (secondary N) is 3. The summed E-state index contributed by atoms with van der Waals surface area (Å²) in [6, 6.07) is -2.61. The quantitative estimate of drug-likeness (QED) is 0.0875. The van der Waals surface area contributed by atoms with Gasteiger partial charge >= 0.3 is 0 Å². The van der Waals surface area contributed by atoms with E-state index < -0.39 is 78.4 Å². The topological polar surface area (TPSA) is 266 Å². The van der Waals surface area contributed by atoms with Crippen molar-refractivity contribution in [2.75, 3.05) is 33.3 Å². The molecule has 0 radical (unpaired) electrons. The van der Waals surface area contributed by atoms with E-state index in [0.717, 1.165) is 13.0 Å². The molecule has 248 valence electrons. The molecule has 2 unspecified atom stereocenters. The van der Waals surface area contributed by atoms with Crippen LogP contribution in [0.25, 0.3) is 0 Å². The van der Waals surface area contributed by atoms with Crippen molar-refractivity contribution in [2.45, 2.75) is 112 Å². The summed E-state index contributed by atoms with van der Waals surface area (Å²) in [6.45, 7) is 2.29. The molecule has 2 saturated carbocycles. The van der Waals surface area contributed by atoms with E-state index in [1.54, 1.807) is 7.05 Å². The number of carbonyl (C=O) groups is 1. The van der Waals surface area contributed by atoms with Gasteiger partial charge in [0.25, 0.3) is 0 Å². The number of aliphatic hydroxyl groups excluding tert-OH is 3. The number of rotatable bonds is 13. The summed E-state index contributed by atoms with van der Waals surface area (Å²) in [7, 11) is 1.59. The van der Waals surface area contributed by atoms with Crippen LogP contribution >= 0.6 is 0 Å². The lowest BCUT2D eigenvalue weighted by Gasteiger charge is -2.50. The zero-order valence-corrected chi connectivity index (χ0v) is 25.2. The molecule has 3 fully saturated rings. The van der Waals surface area contributed by atoms with Gasteiger partial charge in [0.05, 0.1) is 31.3 Å². The van der Waals surface area contributed by atoms with Gasteiger partial charge < -0.3 is 73.5 Å². The lowest BCUT2D eigenvalue weighted by molar-refractivity contribution is -0.297. The number of carbonyl (C=O) groups excluding carboxylic acids is 1. The zero-order valence-electron chi connectivity index (χ0n) is 25.2. The van der Waals surface area contributed by atoms with Gasteiger partial charge in [0.1, 0.15) is 35.8 Å². The highest BCUT2D eigenvalue weighted by Gasteiger charge is 2.53. The molecule has 0 aromatic carbocycles. The Balaban J connectivity index is 1.47. The van der Waals surface area contributed by atoms with Crippen molar-refractivity contribution in [1.82, 2.24) is 16.0 Å². The van der Waals surface area contributed by atoms with Crippen LogP contribution in [0.4, 0.5) is 0 Å². The minimum absolute atomic E-state index is 0.147. The second-order valence-electron chi connectivity index (χ2n) is 12.8. The van der Waals surface area contributed by atoms with Gasteiger partial charge in [0.15, 0.2) is 6.29 Å². The van der Waals surface area contributed by atoms with E-state index in [2.05, 4.69) is 16.0 Å². The predicted octanol–water partition coefficient (Wildman–Crippen LogP) is -4.34. The molecule has 0 spiro atoms. The maximum atomic E-state index is 12.6. The van der Waals surface area contributed by atoms with Crippen molar-refractivity contribution in [3.63, 3.8) is 0 Å². The van der Waals surface area contributed by atoms with E-state index in [0.29, 0.717) is 24.6 Å². The summed E-state index contributed by atoms with van der Waals surface area (Å²) in [4.78, 5) is 12.6. The summed E-state index contributed by atoms with van der Waals surface area (Å²) >= 11 is 0. The molecule has 0 aromatic rings. The predicted molar refractivity (Wildman–Crippen MR) is 157 cm³/mol. The molecule has 15 nitrogen and oxygen atoms in total. The minimum atomic E-state index is -1.47. The SMILES string of the molecule is CN[C@@H]1[C@@H](O)[C@@H](O[C@H]2[C@H](NC(=O)[C@@H](O)CN)C[C@H](N)C([C@H]3OC(CNCCC(N)C4CC4)=CC[C@H]3N)[C@@H]2O)OC[C@]1(C)O. The van der Waals surface area contributed by atoms with E-state index in [1.165, 1.54) is 19.8 Å². The van der Waals surface area contributed by atoms with Gasteiger partial charge in [0.2, 0.25) is 5.91 Å². The van der Waals surface area contributed by atoms with Gasteiger partial charge in [-0.05, 0) is 64.6 Å². The maximum Gasteiger partial charge on any atom is 0.250 e. The number of aliphatic hydroxyl groups is 4. The average molecular weight is 616 g/mol. The molecule has 2 aliphatic carbocycles. The summed E-state index contributed by atoms with van der Waals surface area (Å²) < 4.78 is 18.2. The van der Waals surface area contributed by atoms with Crippen LogP contribution in [0.2, 0.25) is 0 Å². The molecule has 0 aromatic heterocycles. The normalized spacial score (nSPS) is 41.6. The van der Waals surface area contributed by atoms with E-state index in [-0.39, 0.29) is 25.6 Å². The number of hydrogen-bond acceptors (Lipinski definition) is 14. The number of ether oxygens (including phenoxy) is 3. The first kappa shape index (κ1) is 34.4. The monoisotopic (exact) mass is 615 g/mol. The molecule has 13 atom stereocenters. The van der Waals surface area contributed by atoms with Crippen LogP contribution in [0.5, 0.6) is 0 Å². The van der Waals surface area contributed by atoms with Gasteiger partial charge in [-0.25, -0.2) is 0 Å². The fourth-order valence-electron chi connectivity index (χ4n) is 6.59. The Morgan fingerprint density at radius 1 is 1.23 bits per heavy atom. The fraction of sp³-hybridized carbons (Fsp3) is 0.893. The lowest BCUT2D eigenvalue weighted by Crippen LogP contribution is -2.69. The molecule has 15 heteroatoms. The highest BCUT2D eigenvalue weighted by Crippen LogP contribution is 2.37. The molecule has 4 aliphatic rings. The first-order valence-electron chi connectivity index (χ1n) is 15.4. The van der Waals surface area contributed by atoms with Crippen molar-refractivity contribution in [2.24, 2.45) is 34.8 Å². The van der Waals surface area contributed by atoms with Crippen LogP contribution in [0, 0.1) is 11.8 Å². The molecule has 1 saturated heterocycles.